The lowest BCUT2D eigenvalue weighted by molar-refractivity contribution is 0.479. The summed E-state index contributed by atoms with van der Waals surface area (Å²) in [6.45, 7) is 1.75. The molecule has 1 heterocycles. The standard InChI is InChI=1S/C12H8Br2O2/c1-7-11(14)6-10(12(15)16-7)8-2-4-9(13)5-3-8/h2-6H,1H3. The van der Waals surface area contributed by atoms with E-state index in [-0.39, 0.29) is 5.63 Å². The van der Waals surface area contributed by atoms with E-state index in [1.807, 2.05) is 24.3 Å². The molecule has 0 bridgehead atoms. The van der Waals surface area contributed by atoms with Gasteiger partial charge in [-0.2, -0.15) is 0 Å². The fourth-order valence-corrected chi connectivity index (χ4v) is 1.93. The van der Waals surface area contributed by atoms with Gasteiger partial charge in [-0.15, -0.1) is 0 Å². The zero-order valence-corrected chi connectivity index (χ0v) is 11.6. The van der Waals surface area contributed by atoms with Gasteiger partial charge >= 0.3 is 5.63 Å². The van der Waals surface area contributed by atoms with Crippen LogP contribution in [0.4, 0.5) is 0 Å². The number of halogens is 2. The molecule has 0 aliphatic heterocycles. The van der Waals surface area contributed by atoms with Gasteiger partial charge in [0.1, 0.15) is 5.76 Å². The molecule has 0 fully saturated rings. The van der Waals surface area contributed by atoms with Crippen molar-refractivity contribution in [1.82, 2.24) is 0 Å². The monoisotopic (exact) mass is 342 g/mol. The largest absolute Gasteiger partial charge is 0.427 e. The molecule has 2 rings (SSSR count). The average Bonchev–Trinajstić information content (AvgIpc) is 2.25. The van der Waals surface area contributed by atoms with Gasteiger partial charge < -0.3 is 4.42 Å². The van der Waals surface area contributed by atoms with Crippen LogP contribution >= 0.6 is 31.9 Å². The lowest BCUT2D eigenvalue weighted by atomic mass is 10.1. The van der Waals surface area contributed by atoms with Crippen LogP contribution in [0.5, 0.6) is 0 Å². The first-order valence-electron chi connectivity index (χ1n) is 4.64. The van der Waals surface area contributed by atoms with E-state index in [4.69, 9.17) is 4.42 Å². The Morgan fingerprint density at radius 3 is 2.38 bits per heavy atom. The summed E-state index contributed by atoms with van der Waals surface area (Å²) in [5, 5.41) is 0. The minimum Gasteiger partial charge on any atom is -0.427 e. The summed E-state index contributed by atoms with van der Waals surface area (Å²) in [4.78, 5) is 11.7. The Morgan fingerprint density at radius 2 is 1.75 bits per heavy atom. The maximum absolute atomic E-state index is 11.7. The van der Waals surface area contributed by atoms with Crippen LogP contribution in [0.15, 0.2) is 48.5 Å². The van der Waals surface area contributed by atoms with E-state index in [1.54, 1.807) is 13.0 Å². The molecule has 0 aliphatic carbocycles. The van der Waals surface area contributed by atoms with Gasteiger partial charge in [0.25, 0.3) is 0 Å². The summed E-state index contributed by atoms with van der Waals surface area (Å²) in [5.74, 6) is 0.589. The van der Waals surface area contributed by atoms with Gasteiger partial charge in [0.2, 0.25) is 0 Å². The maximum Gasteiger partial charge on any atom is 0.343 e. The third-order valence-corrected chi connectivity index (χ3v) is 3.54. The first-order chi connectivity index (χ1) is 7.58. The molecule has 0 N–H and O–H groups in total. The zero-order chi connectivity index (χ0) is 11.7. The molecule has 0 unspecified atom stereocenters. The number of benzene rings is 1. The van der Waals surface area contributed by atoms with Gasteiger partial charge in [0.15, 0.2) is 0 Å². The van der Waals surface area contributed by atoms with E-state index in [0.29, 0.717) is 11.3 Å². The van der Waals surface area contributed by atoms with E-state index < -0.39 is 0 Å². The molecule has 0 saturated carbocycles. The van der Waals surface area contributed by atoms with Crippen LogP contribution in [0.1, 0.15) is 5.76 Å². The van der Waals surface area contributed by atoms with Crippen LogP contribution in [0, 0.1) is 6.92 Å². The number of hydrogen-bond donors (Lipinski definition) is 0. The zero-order valence-electron chi connectivity index (χ0n) is 8.46. The summed E-state index contributed by atoms with van der Waals surface area (Å²) >= 11 is 6.70. The summed E-state index contributed by atoms with van der Waals surface area (Å²) in [7, 11) is 0. The van der Waals surface area contributed by atoms with Crippen LogP contribution in [-0.2, 0) is 0 Å². The van der Waals surface area contributed by atoms with Crippen molar-refractivity contribution >= 4 is 31.9 Å². The fourth-order valence-electron chi connectivity index (χ4n) is 1.36. The SMILES string of the molecule is Cc1oc(=O)c(-c2ccc(Br)cc2)cc1Br. The first-order valence-corrected chi connectivity index (χ1v) is 6.23. The summed E-state index contributed by atoms with van der Waals surface area (Å²) in [6.07, 6.45) is 0. The predicted molar refractivity (Wildman–Crippen MR) is 70.6 cm³/mol. The summed E-state index contributed by atoms with van der Waals surface area (Å²) in [5.41, 5.74) is 1.09. The summed E-state index contributed by atoms with van der Waals surface area (Å²) < 4.78 is 6.88. The molecular weight excluding hydrogens is 336 g/mol. The highest BCUT2D eigenvalue weighted by atomic mass is 79.9. The van der Waals surface area contributed by atoms with Crippen molar-refractivity contribution < 1.29 is 4.42 Å². The normalized spacial score (nSPS) is 10.4. The second kappa shape index (κ2) is 4.55. The molecule has 2 aromatic rings. The molecule has 0 aliphatic rings. The molecule has 82 valence electrons. The average molecular weight is 344 g/mol. The number of aryl methyl sites for hydroxylation is 1. The van der Waals surface area contributed by atoms with Crippen molar-refractivity contribution in [3.63, 3.8) is 0 Å². The van der Waals surface area contributed by atoms with Crippen molar-refractivity contribution in [3.8, 4) is 11.1 Å². The topological polar surface area (TPSA) is 30.2 Å². The van der Waals surface area contributed by atoms with Crippen LogP contribution in [0.25, 0.3) is 11.1 Å². The lowest BCUT2D eigenvalue weighted by Crippen LogP contribution is -2.03. The third-order valence-electron chi connectivity index (χ3n) is 2.23. The number of rotatable bonds is 1. The Bertz CT molecular complexity index is 571. The molecule has 0 saturated heterocycles. The highest BCUT2D eigenvalue weighted by Crippen LogP contribution is 2.23. The van der Waals surface area contributed by atoms with Gasteiger partial charge in [-0.3, -0.25) is 0 Å². The molecular formula is C12H8Br2O2. The third kappa shape index (κ3) is 2.28. The van der Waals surface area contributed by atoms with Crippen molar-refractivity contribution in [2.45, 2.75) is 6.92 Å². The van der Waals surface area contributed by atoms with Gasteiger partial charge in [-0.25, -0.2) is 4.79 Å². The smallest absolute Gasteiger partial charge is 0.343 e. The van der Waals surface area contributed by atoms with E-state index >= 15 is 0 Å². The van der Waals surface area contributed by atoms with Crippen LogP contribution in [0.3, 0.4) is 0 Å². The van der Waals surface area contributed by atoms with Gasteiger partial charge in [0, 0.05) is 4.47 Å². The van der Waals surface area contributed by atoms with E-state index in [9.17, 15) is 4.79 Å². The molecule has 1 aromatic heterocycles. The minimum atomic E-state index is -0.317. The molecule has 0 atom stereocenters. The van der Waals surface area contributed by atoms with Crippen molar-refractivity contribution in [1.29, 1.82) is 0 Å². The van der Waals surface area contributed by atoms with Crippen molar-refractivity contribution in [2.24, 2.45) is 0 Å². The second-order valence-electron chi connectivity index (χ2n) is 3.36. The van der Waals surface area contributed by atoms with Gasteiger partial charge in [0.05, 0.1) is 10.0 Å². The Balaban J connectivity index is 2.60. The Kier molecular flexibility index (Phi) is 3.30. The quantitative estimate of drug-likeness (QED) is 0.779. The molecule has 0 radical (unpaired) electrons. The Labute approximate surface area is 110 Å². The first kappa shape index (κ1) is 11.6. The van der Waals surface area contributed by atoms with Crippen LogP contribution < -0.4 is 5.63 Å². The van der Waals surface area contributed by atoms with Gasteiger partial charge in [-0.05, 0) is 46.6 Å². The van der Waals surface area contributed by atoms with Crippen LogP contribution in [-0.4, -0.2) is 0 Å². The van der Waals surface area contributed by atoms with E-state index in [1.165, 1.54) is 0 Å². The molecule has 1 aromatic carbocycles. The highest BCUT2D eigenvalue weighted by molar-refractivity contribution is 9.10. The summed E-state index contributed by atoms with van der Waals surface area (Å²) in [6, 6.07) is 9.31. The lowest BCUT2D eigenvalue weighted by Gasteiger charge is -2.02. The molecule has 0 amide bonds. The van der Waals surface area contributed by atoms with Crippen molar-refractivity contribution in [2.75, 3.05) is 0 Å². The fraction of sp³-hybridized carbons (Fsp3) is 0.0833. The number of hydrogen-bond acceptors (Lipinski definition) is 2. The molecule has 0 spiro atoms. The highest BCUT2D eigenvalue weighted by Gasteiger charge is 2.08. The van der Waals surface area contributed by atoms with Gasteiger partial charge in [-0.1, -0.05) is 28.1 Å². The van der Waals surface area contributed by atoms with E-state index in [2.05, 4.69) is 31.9 Å². The predicted octanol–water partition coefficient (Wildman–Crippen LogP) is 4.14. The molecule has 4 heteroatoms. The Morgan fingerprint density at radius 1 is 1.12 bits per heavy atom. The van der Waals surface area contributed by atoms with Crippen LogP contribution in [0.2, 0.25) is 0 Å². The molecule has 2 nitrogen and oxygen atoms in total. The maximum atomic E-state index is 11.7. The Hall–Kier alpha value is -0.870. The second-order valence-corrected chi connectivity index (χ2v) is 5.13. The molecule has 16 heavy (non-hydrogen) atoms. The van der Waals surface area contributed by atoms with E-state index in [0.717, 1.165) is 14.5 Å². The van der Waals surface area contributed by atoms with Crippen molar-refractivity contribution in [3.05, 3.63) is 55.5 Å². The minimum absolute atomic E-state index is 0.317.